The van der Waals surface area contributed by atoms with E-state index in [0.717, 1.165) is 46.9 Å². The van der Waals surface area contributed by atoms with Crippen LogP contribution in [0.5, 0.6) is 0 Å². The summed E-state index contributed by atoms with van der Waals surface area (Å²) in [7, 11) is 0. The minimum Gasteiger partial charge on any atom is -0.480 e. The van der Waals surface area contributed by atoms with Gasteiger partial charge < -0.3 is 10.1 Å². The standard InChI is InChI=1S/C14H15BrN2O2/c15-9-3-4-10-11(8-16-12(10)7-9)13(14(18)19)17-5-1-2-6-17/h3-4,7-8,13,16H,1-2,5-6H2,(H,18,19)/t13-/m1/s1. The van der Waals surface area contributed by atoms with Crippen LogP contribution >= 0.6 is 15.9 Å². The lowest BCUT2D eigenvalue weighted by Gasteiger charge is -2.23. The van der Waals surface area contributed by atoms with Crippen LogP contribution in [0.15, 0.2) is 28.9 Å². The number of benzene rings is 1. The SMILES string of the molecule is O=C(O)[C@@H](c1c[nH]c2cc(Br)ccc12)N1CCCC1. The van der Waals surface area contributed by atoms with Gasteiger partial charge in [-0.3, -0.25) is 9.69 Å². The van der Waals surface area contributed by atoms with Crippen molar-refractivity contribution in [2.75, 3.05) is 13.1 Å². The highest BCUT2D eigenvalue weighted by atomic mass is 79.9. The third-order valence-electron chi connectivity index (χ3n) is 3.71. The predicted molar refractivity (Wildman–Crippen MR) is 77.2 cm³/mol. The van der Waals surface area contributed by atoms with E-state index >= 15 is 0 Å². The van der Waals surface area contributed by atoms with Gasteiger partial charge in [0.15, 0.2) is 0 Å². The number of carboxylic acid groups (broad SMARTS) is 1. The van der Waals surface area contributed by atoms with Gasteiger partial charge in [-0.05, 0) is 38.1 Å². The van der Waals surface area contributed by atoms with Gasteiger partial charge in [-0.1, -0.05) is 22.0 Å². The fraction of sp³-hybridized carbons (Fsp3) is 0.357. The van der Waals surface area contributed by atoms with Crippen molar-refractivity contribution >= 4 is 32.8 Å². The van der Waals surface area contributed by atoms with Gasteiger partial charge in [-0.15, -0.1) is 0 Å². The number of carboxylic acids is 1. The minimum atomic E-state index is -0.772. The van der Waals surface area contributed by atoms with Crippen molar-refractivity contribution in [3.05, 3.63) is 34.4 Å². The molecule has 1 aromatic heterocycles. The number of nitrogens with one attached hydrogen (secondary N) is 1. The summed E-state index contributed by atoms with van der Waals surface area (Å²) in [4.78, 5) is 16.8. The quantitative estimate of drug-likeness (QED) is 0.912. The Morgan fingerprint density at radius 3 is 2.79 bits per heavy atom. The Morgan fingerprint density at radius 1 is 1.37 bits per heavy atom. The summed E-state index contributed by atoms with van der Waals surface area (Å²) in [6.45, 7) is 1.72. The number of aromatic nitrogens is 1. The molecule has 19 heavy (non-hydrogen) atoms. The maximum atomic E-state index is 11.6. The van der Waals surface area contributed by atoms with E-state index in [4.69, 9.17) is 0 Å². The number of rotatable bonds is 3. The average Bonchev–Trinajstić information content (AvgIpc) is 2.99. The van der Waals surface area contributed by atoms with Crippen LogP contribution in [-0.2, 0) is 4.79 Å². The van der Waals surface area contributed by atoms with Crippen molar-refractivity contribution in [3.8, 4) is 0 Å². The predicted octanol–water partition coefficient (Wildman–Crippen LogP) is 3.15. The smallest absolute Gasteiger partial charge is 0.325 e. The summed E-state index contributed by atoms with van der Waals surface area (Å²) in [5.74, 6) is -0.772. The Balaban J connectivity index is 2.07. The molecular weight excluding hydrogens is 308 g/mol. The number of aromatic amines is 1. The zero-order valence-corrected chi connectivity index (χ0v) is 12.0. The normalized spacial score (nSPS) is 17.9. The molecule has 0 unspecified atom stereocenters. The molecule has 1 saturated heterocycles. The zero-order valence-electron chi connectivity index (χ0n) is 10.4. The maximum absolute atomic E-state index is 11.6. The Labute approximate surface area is 119 Å². The molecule has 0 amide bonds. The molecule has 0 bridgehead atoms. The van der Waals surface area contributed by atoms with E-state index in [1.807, 2.05) is 29.3 Å². The number of halogens is 1. The second-order valence-corrected chi connectivity index (χ2v) is 5.83. The van der Waals surface area contributed by atoms with Gasteiger partial charge in [0.25, 0.3) is 0 Å². The van der Waals surface area contributed by atoms with E-state index in [-0.39, 0.29) is 0 Å². The highest BCUT2D eigenvalue weighted by Crippen LogP contribution is 2.32. The van der Waals surface area contributed by atoms with E-state index in [1.165, 1.54) is 0 Å². The first-order valence-electron chi connectivity index (χ1n) is 6.40. The lowest BCUT2D eigenvalue weighted by Crippen LogP contribution is -2.31. The van der Waals surface area contributed by atoms with Gasteiger partial charge >= 0.3 is 5.97 Å². The van der Waals surface area contributed by atoms with Crippen LogP contribution in [0.2, 0.25) is 0 Å². The molecule has 5 heteroatoms. The molecule has 2 aromatic rings. The van der Waals surface area contributed by atoms with E-state index in [9.17, 15) is 9.90 Å². The van der Waals surface area contributed by atoms with E-state index in [0.29, 0.717) is 0 Å². The van der Waals surface area contributed by atoms with Crippen molar-refractivity contribution < 1.29 is 9.90 Å². The monoisotopic (exact) mass is 322 g/mol. The van der Waals surface area contributed by atoms with Crippen LogP contribution in [0.4, 0.5) is 0 Å². The van der Waals surface area contributed by atoms with Gasteiger partial charge in [0, 0.05) is 27.1 Å². The number of aliphatic carboxylic acids is 1. The lowest BCUT2D eigenvalue weighted by molar-refractivity contribution is -0.143. The number of hydrogen-bond acceptors (Lipinski definition) is 2. The lowest BCUT2D eigenvalue weighted by atomic mass is 10.0. The van der Waals surface area contributed by atoms with Gasteiger partial charge in [-0.2, -0.15) is 0 Å². The largest absolute Gasteiger partial charge is 0.480 e. The maximum Gasteiger partial charge on any atom is 0.325 e. The highest BCUT2D eigenvalue weighted by Gasteiger charge is 2.31. The molecule has 100 valence electrons. The average molecular weight is 323 g/mol. The van der Waals surface area contributed by atoms with Gasteiger partial charge in [0.05, 0.1) is 0 Å². The molecule has 0 radical (unpaired) electrons. The summed E-state index contributed by atoms with van der Waals surface area (Å²) < 4.78 is 0.987. The molecule has 3 rings (SSSR count). The van der Waals surface area contributed by atoms with E-state index in [2.05, 4.69) is 20.9 Å². The number of hydrogen-bond donors (Lipinski definition) is 2. The van der Waals surface area contributed by atoms with Crippen LogP contribution in [-0.4, -0.2) is 34.0 Å². The summed E-state index contributed by atoms with van der Waals surface area (Å²) in [6.07, 6.45) is 3.99. The fourth-order valence-electron chi connectivity index (χ4n) is 2.83. The molecule has 2 heterocycles. The minimum absolute atomic E-state index is 0.544. The molecule has 1 aliphatic rings. The third-order valence-corrected chi connectivity index (χ3v) is 4.20. The first-order valence-corrected chi connectivity index (χ1v) is 7.19. The molecule has 1 aliphatic heterocycles. The molecular formula is C14H15BrN2O2. The number of likely N-dealkylation sites (tertiary alicyclic amines) is 1. The van der Waals surface area contributed by atoms with Crippen LogP contribution < -0.4 is 0 Å². The molecule has 4 nitrogen and oxygen atoms in total. The van der Waals surface area contributed by atoms with Gasteiger partial charge in [0.2, 0.25) is 0 Å². The van der Waals surface area contributed by atoms with Crippen molar-refractivity contribution in [1.29, 1.82) is 0 Å². The first kappa shape index (κ1) is 12.7. The Kier molecular flexibility index (Phi) is 3.33. The van der Waals surface area contributed by atoms with Gasteiger partial charge in [0.1, 0.15) is 6.04 Å². The Hall–Kier alpha value is -1.33. The highest BCUT2D eigenvalue weighted by molar-refractivity contribution is 9.10. The molecule has 1 aromatic carbocycles. The molecule has 0 spiro atoms. The summed E-state index contributed by atoms with van der Waals surface area (Å²) in [5.41, 5.74) is 1.83. The Bertz CT molecular complexity index is 617. The zero-order chi connectivity index (χ0) is 13.4. The summed E-state index contributed by atoms with van der Waals surface area (Å²) in [5, 5.41) is 10.5. The number of nitrogens with zero attached hydrogens (tertiary/aromatic N) is 1. The molecule has 0 saturated carbocycles. The summed E-state index contributed by atoms with van der Waals surface area (Å²) in [6, 6.07) is 5.35. The van der Waals surface area contributed by atoms with Crippen LogP contribution in [0.25, 0.3) is 10.9 Å². The molecule has 1 fully saturated rings. The van der Waals surface area contributed by atoms with E-state index in [1.54, 1.807) is 0 Å². The molecule has 1 atom stereocenters. The van der Waals surface area contributed by atoms with Crippen molar-refractivity contribution in [2.45, 2.75) is 18.9 Å². The van der Waals surface area contributed by atoms with Crippen LogP contribution in [0.1, 0.15) is 24.4 Å². The van der Waals surface area contributed by atoms with Crippen molar-refractivity contribution in [3.63, 3.8) is 0 Å². The number of fused-ring (bicyclic) bond motifs is 1. The van der Waals surface area contributed by atoms with Crippen LogP contribution in [0, 0.1) is 0 Å². The number of H-pyrrole nitrogens is 1. The molecule has 0 aliphatic carbocycles. The topological polar surface area (TPSA) is 56.3 Å². The van der Waals surface area contributed by atoms with Gasteiger partial charge in [-0.25, -0.2) is 0 Å². The van der Waals surface area contributed by atoms with Crippen LogP contribution in [0.3, 0.4) is 0 Å². The number of carbonyl (C=O) groups is 1. The van der Waals surface area contributed by atoms with Crippen molar-refractivity contribution in [1.82, 2.24) is 9.88 Å². The third kappa shape index (κ3) is 2.28. The molecule has 2 N–H and O–H groups in total. The first-order chi connectivity index (χ1) is 9.16. The Morgan fingerprint density at radius 2 is 2.11 bits per heavy atom. The summed E-state index contributed by atoms with van der Waals surface area (Å²) >= 11 is 3.43. The van der Waals surface area contributed by atoms with Crippen molar-refractivity contribution in [2.24, 2.45) is 0 Å². The second kappa shape index (κ2) is 4.98. The van der Waals surface area contributed by atoms with E-state index < -0.39 is 12.0 Å². The second-order valence-electron chi connectivity index (χ2n) is 4.92. The fourth-order valence-corrected chi connectivity index (χ4v) is 3.19.